The molecule has 11 heavy (non-hydrogen) atoms. The average molecular weight is 190 g/mol. The molecule has 0 bridgehead atoms. The first-order chi connectivity index (χ1) is 5.07. The van der Waals surface area contributed by atoms with Crippen molar-refractivity contribution in [3.8, 4) is 0 Å². The van der Waals surface area contributed by atoms with Crippen LogP contribution in [0.4, 0.5) is 0 Å². The fraction of sp³-hybridized carbons (Fsp3) is 0.500. The predicted molar refractivity (Wildman–Crippen MR) is 50.2 cm³/mol. The van der Waals surface area contributed by atoms with Crippen molar-refractivity contribution >= 4 is 25.5 Å². The highest BCUT2D eigenvalue weighted by atomic mass is 28.3. The Morgan fingerprint density at radius 2 is 2.36 bits per heavy atom. The molecule has 0 aromatic heterocycles. The number of allylic oxidation sites excluding steroid dienone is 1. The van der Waals surface area contributed by atoms with Gasteiger partial charge in [-0.15, -0.1) is 0 Å². The highest BCUT2D eigenvalue weighted by Crippen LogP contribution is 1.99. The SMILES string of the molecule is CC(=CC[SiH](C)O[SiH3])C(=O)O. The van der Waals surface area contributed by atoms with Crippen molar-refractivity contribution in [3.63, 3.8) is 0 Å². The second-order valence-corrected chi connectivity index (χ2v) is 6.45. The summed E-state index contributed by atoms with van der Waals surface area (Å²) in [4.78, 5) is 10.3. The van der Waals surface area contributed by atoms with Crippen molar-refractivity contribution in [2.45, 2.75) is 19.5 Å². The van der Waals surface area contributed by atoms with E-state index in [0.29, 0.717) is 5.57 Å². The number of carboxylic acid groups (broad SMARTS) is 1. The second-order valence-electron chi connectivity index (χ2n) is 2.47. The third-order valence-corrected chi connectivity index (χ3v) is 5.61. The van der Waals surface area contributed by atoms with Crippen LogP contribution in [0.5, 0.6) is 0 Å². The van der Waals surface area contributed by atoms with Crippen LogP contribution in [0, 0.1) is 0 Å². The summed E-state index contributed by atoms with van der Waals surface area (Å²) in [7, 11) is -0.292. The first kappa shape index (κ1) is 10.6. The number of rotatable bonds is 4. The van der Waals surface area contributed by atoms with Crippen LogP contribution in [-0.4, -0.2) is 30.6 Å². The fourth-order valence-corrected chi connectivity index (χ4v) is 1.98. The maximum atomic E-state index is 10.3. The molecule has 1 unspecified atom stereocenters. The van der Waals surface area contributed by atoms with Crippen LogP contribution in [0.15, 0.2) is 11.6 Å². The van der Waals surface area contributed by atoms with Crippen LogP contribution in [0.1, 0.15) is 6.92 Å². The lowest BCUT2D eigenvalue weighted by molar-refractivity contribution is -0.132. The van der Waals surface area contributed by atoms with Gasteiger partial charge in [0.1, 0.15) is 10.5 Å². The summed E-state index contributed by atoms with van der Waals surface area (Å²) in [6, 6.07) is 0.821. The first-order valence-electron chi connectivity index (χ1n) is 3.50. The van der Waals surface area contributed by atoms with Gasteiger partial charge >= 0.3 is 5.97 Å². The van der Waals surface area contributed by atoms with E-state index in [4.69, 9.17) is 9.22 Å². The Balaban J connectivity index is 3.82. The van der Waals surface area contributed by atoms with Crippen molar-refractivity contribution in [1.82, 2.24) is 0 Å². The van der Waals surface area contributed by atoms with E-state index in [2.05, 4.69) is 6.55 Å². The van der Waals surface area contributed by atoms with Gasteiger partial charge in [0, 0.05) is 5.57 Å². The van der Waals surface area contributed by atoms with Gasteiger partial charge in [-0.3, -0.25) is 0 Å². The molecule has 0 aliphatic rings. The van der Waals surface area contributed by atoms with Gasteiger partial charge in [0.15, 0.2) is 9.04 Å². The van der Waals surface area contributed by atoms with E-state index in [0.717, 1.165) is 16.5 Å². The molecule has 0 heterocycles. The molecule has 0 radical (unpaired) electrons. The number of hydrogen-bond donors (Lipinski definition) is 1. The number of hydrogen-bond acceptors (Lipinski definition) is 2. The minimum absolute atomic E-state index is 0.420. The Kier molecular flexibility index (Phi) is 5.09. The van der Waals surface area contributed by atoms with Crippen molar-refractivity contribution in [3.05, 3.63) is 11.6 Å². The first-order valence-corrected chi connectivity index (χ1v) is 6.76. The van der Waals surface area contributed by atoms with Crippen LogP contribution in [0.2, 0.25) is 12.6 Å². The quantitative estimate of drug-likeness (QED) is 0.488. The predicted octanol–water partition coefficient (Wildman–Crippen LogP) is -0.332. The molecule has 3 nitrogen and oxygen atoms in total. The summed E-state index contributed by atoms with van der Waals surface area (Å²) in [5.41, 5.74) is 0.420. The summed E-state index contributed by atoms with van der Waals surface area (Å²) in [5, 5.41) is 8.48. The number of carbonyl (C=O) groups is 1. The van der Waals surface area contributed by atoms with Gasteiger partial charge in [-0.05, 0) is 19.5 Å². The molecule has 0 rings (SSSR count). The lowest BCUT2D eigenvalue weighted by atomic mass is 10.3. The molecule has 0 amide bonds. The second kappa shape index (κ2) is 5.28. The average Bonchev–Trinajstić information content (AvgIpc) is 1.99. The van der Waals surface area contributed by atoms with E-state index in [-0.39, 0.29) is 0 Å². The maximum absolute atomic E-state index is 10.3. The highest BCUT2D eigenvalue weighted by Gasteiger charge is 2.02. The van der Waals surface area contributed by atoms with E-state index < -0.39 is 15.0 Å². The smallest absolute Gasteiger partial charge is 0.330 e. The molecule has 64 valence electrons. The molecule has 1 N–H and O–H groups in total. The third-order valence-electron chi connectivity index (χ3n) is 1.50. The molecule has 0 fully saturated rings. The minimum atomic E-state index is -1.06. The molecule has 0 saturated carbocycles. The monoisotopic (exact) mass is 190 g/mol. The van der Waals surface area contributed by atoms with Crippen LogP contribution in [0.3, 0.4) is 0 Å². The van der Waals surface area contributed by atoms with Crippen molar-refractivity contribution < 1.29 is 14.0 Å². The zero-order valence-corrected chi connectivity index (χ0v) is 10.3. The van der Waals surface area contributed by atoms with Gasteiger partial charge in [-0.1, -0.05) is 6.08 Å². The Hall–Kier alpha value is -0.396. The molecule has 0 saturated heterocycles. The van der Waals surface area contributed by atoms with Crippen molar-refractivity contribution in [2.24, 2.45) is 0 Å². The Morgan fingerprint density at radius 1 is 1.82 bits per heavy atom. The van der Waals surface area contributed by atoms with Crippen LogP contribution in [0.25, 0.3) is 0 Å². The molecule has 0 aliphatic heterocycles. The van der Waals surface area contributed by atoms with Gasteiger partial charge in [0.25, 0.3) is 0 Å². The minimum Gasteiger partial charge on any atom is -0.478 e. The van der Waals surface area contributed by atoms with Crippen molar-refractivity contribution in [1.29, 1.82) is 0 Å². The van der Waals surface area contributed by atoms with Crippen LogP contribution in [-0.2, 0) is 8.91 Å². The molecule has 5 heteroatoms. The van der Waals surface area contributed by atoms with E-state index in [1.54, 1.807) is 13.0 Å². The topological polar surface area (TPSA) is 46.5 Å². The third kappa shape index (κ3) is 4.94. The standard InChI is InChI=1S/C6H14O3Si2/c1-5(6(7)8)3-4-11(2)9-10/h3,11H,4H2,1-2,10H3,(H,7,8). The lowest BCUT2D eigenvalue weighted by Crippen LogP contribution is -2.09. The fourth-order valence-electron chi connectivity index (χ4n) is 0.526. The molecule has 0 aliphatic carbocycles. The summed E-state index contributed by atoms with van der Waals surface area (Å²) in [5.74, 6) is -0.834. The zero-order valence-electron chi connectivity index (χ0n) is 7.13. The molecular weight excluding hydrogens is 176 g/mol. The van der Waals surface area contributed by atoms with Gasteiger partial charge in [-0.25, -0.2) is 4.79 Å². The van der Waals surface area contributed by atoms with Gasteiger partial charge in [-0.2, -0.15) is 0 Å². The number of aliphatic carboxylic acids is 1. The van der Waals surface area contributed by atoms with Crippen molar-refractivity contribution in [2.75, 3.05) is 0 Å². The highest BCUT2D eigenvalue weighted by molar-refractivity contribution is 6.54. The van der Waals surface area contributed by atoms with E-state index in [1.807, 2.05) is 0 Å². The normalized spacial score (nSPS) is 14.9. The Bertz CT molecular complexity index is 167. The Labute approximate surface area is 71.3 Å². The van der Waals surface area contributed by atoms with Gasteiger partial charge in [0.05, 0.1) is 0 Å². The zero-order chi connectivity index (χ0) is 8.85. The van der Waals surface area contributed by atoms with Gasteiger partial charge in [0.2, 0.25) is 0 Å². The largest absolute Gasteiger partial charge is 0.478 e. The van der Waals surface area contributed by atoms with E-state index in [9.17, 15) is 4.79 Å². The summed E-state index contributed by atoms with van der Waals surface area (Å²) in [6.07, 6.45) is 1.75. The van der Waals surface area contributed by atoms with E-state index >= 15 is 0 Å². The maximum Gasteiger partial charge on any atom is 0.330 e. The molecular formula is C6H14O3Si2. The molecule has 0 spiro atoms. The lowest BCUT2D eigenvalue weighted by Gasteiger charge is -2.03. The molecule has 0 aromatic carbocycles. The van der Waals surface area contributed by atoms with Gasteiger partial charge < -0.3 is 9.22 Å². The summed E-state index contributed by atoms with van der Waals surface area (Å²) in [6.45, 7) is 3.68. The van der Waals surface area contributed by atoms with Crippen LogP contribution >= 0.6 is 0 Å². The summed E-state index contributed by atoms with van der Waals surface area (Å²) < 4.78 is 5.22. The number of carboxylic acids is 1. The van der Waals surface area contributed by atoms with Crippen LogP contribution < -0.4 is 0 Å². The molecule has 0 aromatic rings. The molecule has 1 atom stereocenters. The Morgan fingerprint density at radius 3 is 2.73 bits per heavy atom. The van der Waals surface area contributed by atoms with E-state index in [1.165, 1.54) is 0 Å². The summed E-state index contributed by atoms with van der Waals surface area (Å²) >= 11 is 0.